The number of aromatic amines is 1. The predicted molar refractivity (Wildman–Crippen MR) is 63.6 cm³/mol. The second-order valence-electron chi connectivity index (χ2n) is 4.14. The third-order valence-electron chi connectivity index (χ3n) is 3.29. The summed E-state index contributed by atoms with van der Waals surface area (Å²) in [6.45, 7) is 0. The van der Waals surface area contributed by atoms with E-state index in [0.29, 0.717) is 6.04 Å². The molecule has 0 saturated carbocycles. The number of nitrogens with one attached hydrogen (secondary N) is 2. The minimum absolute atomic E-state index is 0.578. The van der Waals surface area contributed by atoms with Crippen molar-refractivity contribution in [1.82, 2.24) is 10.3 Å². The first-order chi connectivity index (χ1) is 7.29. The molecule has 1 aliphatic carbocycles. The van der Waals surface area contributed by atoms with E-state index in [1.165, 1.54) is 16.6 Å². The van der Waals surface area contributed by atoms with Gasteiger partial charge in [0.2, 0.25) is 0 Å². The number of likely N-dealkylation sites (N-methyl/N-ethyl adjacent to an activating group) is 1. The molecule has 1 atom stereocenters. The SMILES string of the molecule is CNC1Cc2[nH]c3c(Cl)cccc3c2C1. The van der Waals surface area contributed by atoms with Crippen molar-refractivity contribution >= 4 is 22.5 Å². The van der Waals surface area contributed by atoms with Crippen LogP contribution in [0.1, 0.15) is 11.3 Å². The van der Waals surface area contributed by atoms with E-state index in [-0.39, 0.29) is 0 Å². The Labute approximate surface area is 93.6 Å². The largest absolute Gasteiger partial charge is 0.357 e. The highest BCUT2D eigenvalue weighted by atomic mass is 35.5. The van der Waals surface area contributed by atoms with Crippen molar-refractivity contribution in [2.24, 2.45) is 0 Å². The van der Waals surface area contributed by atoms with E-state index >= 15 is 0 Å². The Balaban J connectivity index is 2.19. The molecule has 78 valence electrons. The highest BCUT2D eigenvalue weighted by Gasteiger charge is 2.24. The highest BCUT2D eigenvalue weighted by Crippen LogP contribution is 2.33. The third-order valence-corrected chi connectivity index (χ3v) is 3.60. The van der Waals surface area contributed by atoms with Crippen LogP contribution in [-0.4, -0.2) is 18.1 Å². The van der Waals surface area contributed by atoms with Gasteiger partial charge in [-0.2, -0.15) is 0 Å². The van der Waals surface area contributed by atoms with Crippen LogP contribution in [0.3, 0.4) is 0 Å². The molecule has 0 saturated heterocycles. The fraction of sp³-hybridized carbons (Fsp3) is 0.333. The summed E-state index contributed by atoms with van der Waals surface area (Å²) in [5, 5.41) is 5.43. The van der Waals surface area contributed by atoms with Gasteiger partial charge in [0.25, 0.3) is 0 Å². The maximum atomic E-state index is 6.15. The molecule has 15 heavy (non-hydrogen) atoms. The predicted octanol–water partition coefficient (Wildman–Crippen LogP) is 2.51. The molecule has 1 aliphatic rings. The first kappa shape index (κ1) is 9.25. The van der Waals surface area contributed by atoms with Crippen LogP contribution in [0.4, 0.5) is 0 Å². The molecule has 0 spiro atoms. The summed E-state index contributed by atoms with van der Waals surface area (Å²) in [6, 6.07) is 6.68. The van der Waals surface area contributed by atoms with Crippen LogP contribution >= 0.6 is 11.6 Å². The summed E-state index contributed by atoms with van der Waals surface area (Å²) in [5.74, 6) is 0. The molecule has 0 bridgehead atoms. The van der Waals surface area contributed by atoms with E-state index in [0.717, 1.165) is 23.4 Å². The van der Waals surface area contributed by atoms with E-state index < -0.39 is 0 Å². The molecule has 2 aromatic rings. The summed E-state index contributed by atoms with van der Waals surface area (Å²) in [6.07, 6.45) is 2.18. The number of rotatable bonds is 1. The quantitative estimate of drug-likeness (QED) is 0.760. The zero-order valence-corrected chi connectivity index (χ0v) is 9.36. The minimum Gasteiger partial charge on any atom is -0.357 e. The van der Waals surface area contributed by atoms with Crippen LogP contribution in [0.25, 0.3) is 10.9 Å². The standard InChI is InChI=1S/C12H13ClN2/c1-14-7-5-9-8-3-2-4-10(13)12(8)15-11(9)6-7/h2-4,7,14-15H,5-6H2,1H3. The molecule has 3 rings (SSSR count). The molecule has 1 unspecified atom stereocenters. The van der Waals surface area contributed by atoms with Gasteiger partial charge >= 0.3 is 0 Å². The Hall–Kier alpha value is -0.990. The van der Waals surface area contributed by atoms with Gasteiger partial charge in [-0.05, 0) is 25.1 Å². The van der Waals surface area contributed by atoms with Crippen molar-refractivity contribution in [3.63, 3.8) is 0 Å². The number of H-pyrrole nitrogens is 1. The Morgan fingerprint density at radius 1 is 1.40 bits per heavy atom. The number of aromatic nitrogens is 1. The number of fused-ring (bicyclic) bond motifs is 3. The fourth-order valence-corrected chi connectivity index (χ4v) is 2.69. The lowest BCUT2D eigenvalue weighted by Gasteiger charge is -2.06. The van der Waals surface area contributed by atoms with Crippen molar-refractivity contribution < 1.29 is 0 Å². The fourth-order valence-electron chi connectivity index (χ4n) is 2.47. The van der Waals surface area contributed by atoms with E-state index in [1.54, 1.807) is 0 Å². The van der Waals surface area contributed by atoms with E-state index in [9.17, 15) is 0 Å². The molecule has 2 nitrogen and oxygen atoms in total. The normalized spacial score (nSPS) is 19.7. The number of hydrogen-bond acceptors (Lipinski definition) is 1. The maximum absolute atomic E-state index is 6.15. The van der Waals surface area contributed by atoms with Gasteiger partial charge < -0.3 is 10.3 Å². The second-order valence-corrected chi connectivity index (χ2v) is 4.55. The molecular formula is C12H13ClN2. The van der Waals surface area contributed by atoms with Gasteiger partial charge in [-0.1, -0.05) is 23.7 Å². The lowest BCUT2D eigenvalue weighted by atomic mass is 10.1. The van der Waals surface area contributed by atoms with Crippen LogP contribution in [-0.2, 0) is 12.8 Å². The first-order valence-electron chi connectivity index (χ1n) is 5.25. The summed E-state index contributed by atoms with van der Waals surface area (Å²) in [4.78, 5) is 3.44. The van der Waals surface area contributed by atoms with Crippen molar-refractivity contribution in [3.05, 3.63) is 34.5 Å². The summed E-state index contributed by atoms with van der Waals surface area (Å²) < 4.78 is 0. The lowest BCUT2D eigenvalue weighted by Crippen LogP contribution is -2.25. The second kappa shape index (κ2) is 3.26. The summed E-state index contributed by atoms with van der Waals surface area (Å²) >= 11 is 6.15. The average Bonchev–Trinajstić information content (AvgIpc) is 2.76. The van der Waals surface area contributed by atoms with Crippen molar-refractivity contribution in [1.29, 1.82) is 0 Å². The smallest absolute Gasteiger partial charge is 0.0648 e. The number of para-hydroxylation sites is 1. The van der Waals surface area contributed by atoms with Crippen LogP contribution in [0.5, 0.6) is 0 Å². The van der Waals surface area contributed by atoms with Crippen LogP contribution in [0.2, 0.25) is 5.02 Å². The Morgan fingerprint density at radius 2 is 2.27 bits per heavy atom. The third kappa shape index (κ3) is 1.29. The van der Waals surface area contributed by atoms with Crippen molar-refractivity contribution in [3.8, 4) is 0 Å². The van der Waals surface area contributed by atoms with Gasteiger partial charge in [0.1, 0.15) is 0 Å². The van der Waals surface area contributed by atoms with Gasteiger partial charge in [0.05, 0.1) is 10.5 Å². The molecule has 3 heteroatoms. The van der Waals surface area contributed by atoms with Gasteiger partial charge in [-0.25, -0.2) is 0 Å². The van der Waals surface area contributed by atoms with Crippen molar-refractivity contribution in [2.75, 3.05) is 7.05 Å². The van der Waals surface area contributed by atoms with Crippen molar-refractivity contribution in [2.45, 2.75) is 18.9 Å². The maximum Gasteiger partial charge on any atom is 0.0648 e. The molecule has 0 fully saturated rings. The molecule has 0 radical (unpaired) electrons. The minimum atomic E-state index is 0.578. The average molecular weight is 221 g/mol. The van der Waals surface area contributed by atoms with E-state index in [1.807, 2.05) is 19.2 Å². The highest BCUT2D eigenvalue weighted by molar-refractivity contribution is 6.35. The van der Waals surface area contributed by atoms with Gasteiger partial charge in [0, 0.05) is 23.5 Å². The molecule has 0 amide bonds. The topological polar surface area (TPSA) is 27.8 Å². The monoisotopic (exact) mass is 220 g/mol. The van der Waals surface area contributed by atoms with E-state index in [4.69, 9.17) is 11.6 Å². The Bertz CT molecular complexity index is 516. The molecule has 1 heterocycles. The molecule has 1 aromatic heterocycles. The molecule has 2 N–H and O–H groups in total. The number of halogens is 1. The van der Waals surface area contributed by atoms with Gasteiger partial charge in [-0.3, -0.25) is 0 Å². The van der Waals surface area contributed by atoms with Gasteiger partial charge in [-0.15, -0.1) is 0 Å². The van der Waals surface area contributed by atoms with Crippen LogP contribution < -0.4 is 5.32 Å². The Kier molecular flexibility index (Phi) is 2.01. The van der Waals surface area contributed by atoms with Crippen LogP contribution in [0.15, 0.2) is 18.2 Å². The molecule has 1 aromatic carbocycles. The Morgan fingerprint density at radius 3 is 3.07 bits per heavy atom. The number of benzene rings is 1. The first-order valence-corrected chi connectivity index (χ1v) is 5.62. The molecular weight excluding hydrogens is 208 g/mol. The number of hydrogen-bond donors (Lipinski definition) is 2. The molecule has 0 aliphatic heterocycles. The van der Waals surface area contributed by atoms with Crippen LogP contribution in [0, 0.1) is 0 Å². The zero-order valence-electron chi connectivity index (χ0n) is 8.60. The summed E-state index contributed by atoms with van der Waals surface area (Å²) in [5.41, 5.74) is 3.88. The van der Waals surface area contributed by atoms with E-state index in [2.05, 4.69) is 16.4 Å². The van der Waals surface area contributed by atoms with Gasteiger partial charge in [0.15, 0.2) is 0 Å². The zero-order chi connectivity index (χ0) is 10.4. The summed E-state index contributed by atoms with van der Waals surface area (Å²) in [7, 11) is 2.02. The lowest BCUT2D eigenvalue weighted by molar-refractivity contribution is 0.591.